The van der Waals surface area contributed by atoms with Crippen molar-refractivity contribution in [1.82, 2.24) is 4.90 Å². The summed E-state index contributed by atoms with van der Waals surface area (Å²) in [6, 6.07) is 5.36. The van der Waals surface area contributed by atoms with E-state index < -0.39 is 6.36 Å². The first-order chi connectivity index (χ1) is 9.87. The molecule has 7 heteroatoms. The van der Waals surface area contributed by atoms with Gasteiger partial charge in [0.2, 0.25) is 5.91 Å². The van der Waals surface area contributed by atoms with Crippen LogP contribution in [0.1, 0.15) is 12.0 Å². The van der Waals surface area contributed by atoms with Gasteiger partial charge in [-0.1, -0.05) is 12.1 Å². The molecular weight excluding hydrogens is 285 g/mol. The lowest BCUT2D eigenvalue weighted by Crippen LogP contribution is -2.31. The molecule has 0 radical (unpaired) electrons. The number of carbonyl (C=O) groups is 1. The third-order valence-electron chi connectivity index (χ3n) is 3.48. The zero-order chi connectivity index (χ0) is 15.5. The van der Waals surface area contributed by atoms with Crippen LogP contribution in [0.5, 0.6) is 5.75 Å². The Morgan fingerprint density at radius 2 is 2.00 bits per heavy atom. The summed E-state index contributed by atoms with van der Waals surface area (Å²) in [5.41, 5.74) is 6.23. The smallest absolute Gasteiger partial charge is 0.406 e. The summed E-state index contributed by atoms with van der Waals surface area (Å²) in [7, 11) is 0. The molecule has 0 bridgehead atoms. The number of likely N-dealkylation sites (tertiary alicyclic amines) is 1. The predicted octanol–water partition coefficient (Wildman–Crippen LogP) is 1.93. The highest BCUT2D eigenvalue weighted by Crippen LogP contribution is 2.23. The first-order valence-corrected chi connectivity index (χ1v) is 6.70. The Hall–Kier alpha value is -1.76. The van der Waals surface area contributed by atoms with Crippen LogP contribution in [-0.4, -0.2) is 36.8 Å². The summed E-state index contributed by atoms with van der Waals surface area (Å²) in [6.07, 6.45) is -3.63. The van der Waals surface area contributed by atoms with Crippen LogP contribution in [0.3, 0.4) is 0 Å². The highest BCUT2D eigenvalue weighted by atomic mass is 19.4. The van der Waals surface area contributed by atoms with Gasteiger partial charge >= 0.3 is 6.36 Å². The van der Waals surface area contributed by atoms with Gasteiger partial charge in [0.05, 0.1) is 6.42 Å². The van der Waals surface area contributed by atoms with Gasteiger partial charge in [-0.05, 0) is 36.6 Å². The summed E-state index contributed by atoms with van der Waals surface area (Å²) in [5.74, 6) is 0.0232. The SMILES string of the molecule is NC[C@@H]1CCN(C(=O)Cc2ccc(OC(F)(F)F)cc2)C1. The summed E-state index contributed by atoms with van der Waals surface area (Å²) in [6.45, 7) is 1.91. The van der Waals surface area contributed by atoms with Crippen LogP contribution in [-0.2, 0) is 11.2 Å². The zero-order valence-electron chi connectivity index (χ0n) is 11.4. The van der Waals surface area contributed by atoms with E-state index in [0.717, 1.165) is 6.42 Å². The topological polar surface area (TPSA) is 55.6 Å². The van der Waals surface area contributed by atoms with Gasteiger partial charge in [-0.3, -0.25) is 4.79 Å². The van der Waals surface area contributed by atoms with E-state index in [-0.39, 0.29) is 18.1 Å². The van der Waals surface area contributed by atoms with Crippen LogP contribution in [0.25, 0.3) is 0 Å². The summed E-state index contributed by atoms with van der Waals surface area (Å²) >= 11 is 0. The summed E-state index contributed by atoms with van der Waals surface area (Å²) < 4.78 is 39.9. The minimum absolute atomic E-state index is 0.0320. The van der Waals surface area contributed by atoms with Gasteiger partial charge in [-0.25, -0.2) is 0 Å². The van der Waals surface area contributed by atoms with E-state index in [4.69, 9.17) is 5.73 Å². The molecule has 0 unspecified atom stereocenters. The van der Waals surface area contributed by atoms with Gasteiger partial charge in [0, 0.05) is 13.1 Å². The molecule has 0 aromatic heterocycles. The fourth-order valence-electron chi connectivity index (χ4n) is 2.35. The molecule has 1 aromatic carbocycles. The minimum Gasteiger partial charge on any atom is -0.406 e. The van der Waals surface area contributed by atoms with Crippen molar-refractivity contribution in [2.75, 3.05) is 19.6 Å². The van der Waals surface area contributed by atoms with Gasteiger partial charge in [0.25, 0.3) is 0 Å². The van der Waals surface area contributed by atoms with Crippen LogP contribution < -0.4 is 10.5 Å². The van der Waals surface area contributed by atoms with Crippen molar-refractivity contribution < 1.29 is 22.7 Å². The molecule has 1 saturated heterocycles. The molecule has 4 nitrogen and oxygen atoms in total. The van der Waals surface area contributed by atoms with Crippen LogP contribution in [0.4, 0.5) is 13.2 Å². The number of alkyl halides is 3. The lowest BCUT2D eigenvalue weighted by atomic mass is 10.1. The Morgan fingerprint density at radius 1 is 1.33 bits per heavy atom. The van der Waals surface area contributed by atoms with E-state index in [1.807, 2.05) is 0 Å². The molecule has 116 valence electrons. The van der Waals surface area contributed by atoms with Gasteiger partial charge in [0.15, 0.2) is 0 Å². The molecule has 2 rings (SSSR count). The van der Waals surface area contributed by atoms with Crippen LogP contribution in [0.2, 0.25) is 0 Å². The number of ether oxygens (including phenoxy) is 1. The number of nitrogens with two attached hydrogens (primary N) is 1. The normalized spacial score (nSPS) is 18.9. The maximum absolute atomic E-state index is 12.1. The molecule has 0 saturated carbocycles. The standard InChI is InChI=1S/C14H17F3N2O2/c15-14(16,17)21-12-3-1-10(2-4-12)7-13(20)19-6-5-11(8-18)9-19/h1-4,11H,5-9,18H2/t11-/m0/s1. The molecule has 21 heavy (non-hydrogen) atoms. The van der Waals surface area contributed by atoms with Gasteiger partial charge in [-0.15, -0.1) is 13.2 Å². The van der Waals surface area contributed by atoms with Crippen molar-refractivity contribution in [2.24, 2.45) is 11.7 Å². The van der Waals surface area contributed by atoms with Crippen LogP contribution in [0.15, 0.2) is 24.3 Å². The molecule has 1 aromatic rings. The molecule has 1 amide bonds. The average molecular weight is 302 g/mol. The Kier molecular flexibility index (Phi) is 4.72. The first-order valence-electron chi connectivity index (χ1n) is 6.70. The lowest BCUT2D eigenvalue weighted by molar-refractivity contribution is -0.274. The van der Waals surface area contributed by atoms with Gasteiger partial charge in [-0.2, -0.15) is 0 Å². The number of hydrogen-bond donors (Lipinski definition) is 1. The number of carbonyl (C=O) groups excluding carboxylic acids is 1. The predicted molar refractivity (Wildman–Crippen MR) is 70.6 cm³/mol. The Labute approximate surface area is 120 Å². The maximum atomic E-state index is 12.1. The molecule has 1 aliphatic heterocycles. The Morgan fingerprint density at radius 3 is 2.52 bits per heavy atom. The first kappa shape index (κ1) is 15.6. The van der Waals surface area contributed by atoms with Crippen molar-refractivity contribution in [3.8, 4) is 5.75 Å². The highest BCUT2D eigenvalue weighted by molar-refractivity contribution is 5.79. The number of amides is 1. The van der Waals surface area contributed by atoms with Crippen molar-refractivity contribution in [2.45, 2.75) is 19.2 Å². The van der Waals surface area contributed by atoms with E-state index in [0.29, 0.717) is 31.1 Å². The van der Waals surface area contributed by atoms with Crippen molar-refractivity contribution in [1.29, 1.82) is 0 Å². The number of benzene rings is 1. The van der Waals surface area contributed by atoms with E-state index in [1.54, 1.807) is 4.90 Å². The maximum Gasteiger partial charge on any atom is 0.573 e. The molecule has 0 spiro atoms. The van der Waals surface area contributed by atoms with E-state index in [9.17, 15) is 18.0 Å². The third kappa shape index (κ3) is 4.63. The summed E-state index contributed by atoms with van der Waals surface area (Å²) in [4.78, 5) is 13.8. The van der Waals surface area contributed by atoms with E-state index in [1.165, 1.54) is 24.3 Å². The molecule has 1 heterocycles. The second-order valence-electron chi connectivity index (χ2n) is 5.10. The molecule has 1 aliphatic rings. The molecule has 2 N–H and O–H groups in total. The van der Waals surface area contributed by atoms with Crippen molar-refractivity contribution >= 4 is 5.91 Å². The fraction of sp³-hybridized carbons (Fsp3) is 0.500. The fourth-order valence-corrected chi connectivity index (χ4v) is 2.35. The van der Waals surface area contributed by atoms with Crippen LogP contribution in [0, 0.1) is 5.92 Å². The van der Waals surface area contributed by atoms with E-state index in [2.05, 4.69) is 4.74 Å². The quantitative estimate of drug-likeness (QED) is 0.924. The molecule has 1 fully saturated rings. The average Bonchev–Trinajstić information content (AvgIpc) is 2.88. The third-order valence-corrected chi connectivity index (χ3v) is 3.48. The second kappa shape index (κ2) is 6.34. The van der Waals surface area contributed by atoms with Crippen molar-refractivity contribution in [3.05, 3.63) is 29.8 Å². The van der Waals surface area contributed by atoms with E-state index >= 15 is 0 Å². The van der Waals surface area contributed by atoms with Crippen LogP contribution >= 0.6 is 0 Å². The molecule has 1 atom stereocenters. The largest absolute Gasteiger partial charge is 0.573 e. The number of halogens is 3. The monoisotopic (exact) mass is 302 g/mol. The zero-order valence-corrected chi connectivity index (χ0v) is 11.4. The number of rotatable bonds is 4. The second-order valence-corrected chi connectivity index (χ2v) is 5.10. The lowest BCUT2D eigenvalue weighted by Gasteiger charge is -2.16. The van der Waals surface area contributed by atoms with Crippen molar-refractivity contribution in [3.63, 3.8) is 0 Å². The highest BCUT2D eigenvalue weighted by Gasteiger charge is 2.31. The Balaban J connectivity index is 1.90. The summed E-state index contributed by atoms with van der Waals surface area (Å²) in [5, 5.41) is 0. The number of nitrogens with zero attached hydrogens (tertiary/aromatic N) is 1. The number of hydrogen-bond acceptors (Lipinski definition) is 3. The Bertz CT molecular complexity index is 488. The minimum atomic E-state index is -4.70. The van der Waals surface area contributed by atoms with Gasteiger partial charge < -0.3 is 15.4 Å². The molecular formula is C14H17F3N2O2. The molecule has 0 aliphatic carbocycles. The van der Waals surface area contributed by atoms with Gasteiger partial charge in [0.1, 0.15) is 5.75 Å².